The normalized spacial score (nSPS) is 10.5. The quantitative estimate of drug-likeness (QED) is 0.670. The zero-order valence-corrected chi connectivity index (χ0v) is 14.8. The lowest BCUT2D eigenvalue weighted by atomic mass is 10.3. The van der Waals surface area contributed by atoms with Crippen LogP contribution in [-0.2, 0) is 11.2 Å². The number of nitrogens with zero attached hydrogens (tertiary/aromatic N) is 2. The van der Waals surface area contributed by atoms with Crippen LogP contribution >= 0.6 is 0 Å². The fourth-order valence-electron chi connectivity index (χ4n) is 2.54. The summed E-state index contributed by atoms with van der Waals surface area (Å²) in [5, 5.41) is 2.83. The summed E-state index contributed by atoms with van der Waals surface area (Å²) in [5.74, 6) is 1.81. The average Bonchev–Trinajstić information content (AvgIpc) is 3.09. The van der Waals surface area contributed by atoms with Crippen LogP contribution in [0.5, 0.6) is 17.2 Å². The molecule has 0 atom stereocenters. The van der Waals surface area contributed by atoms with Gasteiger partial charge >= 0.3 is 0 Å². The molecule has 0 spiro atoms. The number of fused-ring (bicyclic) bond motifs is 1. The summed E-state index contributed by atoms with van der Waals surface area (Å²) in [6.45, 7) is 0.429. The first-order valence-electron chi connectivity index (χ1n) is 8.23. The van der Waals surface area contributed by atoms with Crippen LogP contribution in [0, 0.1) is 0 Å². The molecule has 3 aromatic rings. The average molecular weight is 355 g/mol. The summed E-state index contributed by atoms with van der Waals surface area (Å²) < 4.78 is 17.8. The largest absolute Gasteiger partial charge is 0.497 e. The van der Waals surface area contributed by atoms with E-state index in [2.05, 4.69) is 10.3 Å². The third-order valence-corrected chi connectivity index (χ3v) is 3.83. The van der Waals surface area contributed by atoms with Crippen LogP contribution in [0.25, 0.3) is 5.65 Å². The van der Waals surface area contributed by atoms with Crippen molar-refractivity contribution in [1.29, 1.82) is 0 Å². The summed E-state index contributed by atoms with van der Waals surface area (Å²) in [5.41, 5.74) is 1.64. The lowest BCUT2D eigenvalue weighted by Crippen LogP contribution is -2.30. The summed E-state index contributed by atoms with van der Waals surface area (Å²) >= 11 is 0. The molecule has 0 aliphatic carbocycles. The van der Waals surface area contributed by atoms with E-state index in [0.29, 0.717) is 24.5 Å². The van der Waals surface area contributed by atoms with E-state index in [-0.39, 0.29) is 12.5 Å². The van der Waals surface area contributed by atoms with Gasteiger partial charge in [-0.25, -0.2) is 4.98 Å². The van der Waals surface area contributed by atoms with Gasteiger partial charge in [0.1, 0.15) is 11.5 Å². The Kier molecular flexibility index (Phi) is 5.58. The van der Waals surface area contributed by atoms with Crippen LogP contribution in [0.1, 0.15) is 5.69 Å². The van der Waals surface area contributed by atoms with Crippen molar-refractivity contribution in [1.82, 2.24) is 14.7 Å². The molecule has 0 radical (unpaired) electrons. The van der Waals surface area contributed by atoms with Gasteiger partial charge in [-0.15, -0.1) is 0 Å². The van der Waals surface area contributed by atoms with Gasteiger partial charge in [-0.2, -0.15) is 0 Å². The van der Waals surface area contributed by atoms with E-state index in [1.165, 1.54) is 0 Å². The number of hydrogen-bond acceptors (Lipinski definition) is 5. The zero-order chi connectivity index (χ0) is 18.4. The first-order valence-corrected chi connectivity index (χ1v) is 8.23. The first-order chi connectivity index (χ1) is 12.7. The molecule has 0 unspecified atom stereocenters. The van der Waals surface area contributed by atoms with Crippen molar-refractivity contribution in [3.63, 3.8) is 0 Å². The summed E-state index contributed by atoms with van der Waals surface area (Å²) in [6.07, 6.45) is 4.46. The second-order valence-electron chi connectivity index (χ2n) is 5.61. The lowest BCUT2D eigenvalue weighted by Gasteiger charge is -2.08. The number of pyridine rings is 1. The van der Waals surface area contributed by atoms with Crippen LogP contribution < -0.4 is 19.5 Å². The molecule has 1 N–H and O–H groups in total. The van der Waals surface area contributed by atoms with Crippen LogP contribution in [-0.4, -0.2) is 42.7 Å². The van der Waals surface area contributed by atoms with Gasteiger partial charge in [0.15, 0.2) is 18.0 Å². The molecule has 0 saturated carbocycles. The van der Waals surface area contributed by atoms with Crippen LogP contribution in [0.4, 0.5) is 0 Å². The maximum Gasteiger partial charge on any atom is 0.257 e. The fourth-order valence-corrected chi connectivity index (χ4v) is 2.54. The molecule has 7 heteroatoms. The van der Waals surface area contributed by atoms with E-state index >= 15 is 0 Å². The molecule has 0 fully saturated rings. The molecule has 7 nitrogen and oxygen atoms in total. The Morgan fingerprint density at radius 2 is 2.00 bits per heavy atom. The number of ether oxygens (including phenoxy) is 3. The van der Waals surface area contributed by atoms with E-state index in [4.69, 9.17) is 14.2 Å². The molecule has 0 bridgehead atoms. The molecule has 2 heterocycles. The number of benzene rings is 1. The molecular weight excluding hydrogens is 334 g/mol. The monoisotopic (exact) mass is 355 g/mol. The second kappa shape index (κ2) is 8.24. The van der Waals surface area contributed by atoms with Gasteiger partial charge < -0.3 is 23.9 Å². The Hall–Kier alpha value is -3.22. The van der Waals surface area contributed by atoms with Gasteiger partial charge in [-0.3, -0.25) is 4.79 Å². The van der Waals surface area contributed by atoms with Gasteiger partial charge in [-0.05, 0) is 24.3 Å². The number of carbonyl (C=O) groups is 1. The topological polar surface area (TPSA) is 74.1 Å². The number of rotatable bonds is 8. The summed E-state index contributed by atoms with van der Waals surface area (Å²) in [4.78, 5) is 16.5. The summed E-state index contributed by atoms with van der Waals surface area (Å²) in [6, 6.07) is 10.9. The molecule has 0 saturated heterocycles. The first kappa shape index (κ1) is 17.6. The summed E-state index contributed by atoms with van der Waals surface area (Å²) in [7, 11) is 3.20. The molecule has 2 aromatic heterocycles. The maximum absolute atomic E-state index is 11.9. The number of hydrogen-bond donors (Lipinski definition) is 1. The maximum atomic E-state index is 11.9. The molecule has 136 valence electrons. The van der Waals surface area contributed by atoms with Crippen LogP contribution in [0.2, 0.25) is 0 Å². The van der Waals surface area contributed by atoms with Crippen LogP contribution in [0.3, 0.4) is 0 Å². The highest BCUT2D eigenvalue weighted by Gasteiger charge is 2.08. The third kappa shape index (κ3) is 4.24. The van der Waals surface area contributed by atoms with Gasteiger partial charge in [-0.1, -0.05) is 6.07 Å². The van der Waals surface area contributed by atoms with Crippen molar-refractivity contribution in [2.75, 3.05) is 27.4 Å². The smallest absolute Gasteiger partial charge is 0.257 e. The fraction of sp³-hybridized carbons (Fsp3) is 0.263. The Morgan fingerprint density at radius 3 is 2.81 bits per heavy atom. The SMILES string of the molecule is COc1cccc(OCC(=O)NCCc2cn3cccc(OC)c3n2)c1. The van der Waals surface area contributed by atoms with Gasteiger partial charge in [0.25, 0.3) is 5.91 Å². The van der Waals surface area contributed by atoms with Crippen molar-refractivity contribution in [3.05, 3.63) is 54.5 Å². The minimum Gasteiger partial charge on any atom is -0.497 e. The van der Waals surface area contributed by atoms with E-state index in [9.17, 15) is 4.79 Å². The van der Waals surface area contributed by atoms with Crippen molar-refractivity contribution < 1.29 is 19.0 Å². The van der Waals surface area contributed by atoms with Gasteiger partial charge in [0.05, 0.1) is 19.9 Å². The van der Waals surface area contributed by atoms with E-state index < -0.39 is 0 Å². The zero-order valence-electron chi connectivity index (χ0n) is 14.8. The Labute approximate surface area is 151 Å². The minimum atomic E-state index is -0.186. The molecule has 1 aromatic carbocycles. The number of carbonyl (C=O) groups excluding carboxylic acids is 1. The number of methoxy groups -OCH3 is 2. The predicted octanol–water partition coefficient (Wildman–Crippen LogP) is 2.09. The third-order valence-electron chi connectivity index (χ3n) is 3.83. The van der Waals surface area contributed by atoms with E-state index in [0.717, 1.165) is 17.1 Å². The minimum absolute atomic E-state index is 0.0494. The lowest BCUT2D eigenvalue weighted by molar-refractivity contribution is -0.123. The van der Waals surface area contributed by atoms with Gasteiger partial charge in [0, 0.05) is 31.4 Å². The molecule has 3 rings (SSSR count). The van der Waals surface area contributed by atoms with Gasteiger partial charge in [0.2, 0.25) is 0 Å². The van der Waals surface area contributed by atoms with Crippen molar-refractivity contribution in [2.24, 2.45) is 0 Å². The second-order valence-corrected chi connectivity index (χ2v) is 5.61. The highest BCUT2D eigenvalue weighted by atomic mass is 16.5. The van der Waals surface area contributed by atoms with E-state index in [1.807, 2.05) is 41.1 Å². The van der Waals surface area contributed by atoms with Crippen molar-refractivity contribution in [3.8, 4) is 17.2 Å². The number of imidazole rings is 1. The Morgan fingerprint density at radius 1 is 1.15 bits per heavy atom. The number of aromatic nitrogens is 2. The molecule has 0 aliphatic rings. The Bertz CT molecular complexity index is 891. The number of nitrogens with one attached hydrogen (secondary N) is 1. The van der Waals surface area contributed by atoms with Crippen molar-refractivity contribution in [2.45, 2.75) is 6.42 Å². The highest BCUT2D eigenvalue weighted by molar-refractivity contribution is 5.77. The number of amides is 1. The molecule has 26 heavy (non-hydrogen) atoms. The molecular formula is C19H21N3O4. The molecule has 1 amide bonds. The highest BCUT2D eigenvalue weighted by Crippen LogP contribution is 2.19. The van der Waals surface area contributed by atoms with E-state index in [1.54, 1.807) is 26.4 Å². The Balaban J connectivity index is 1.47. The standard InChI is InChI=1S/C19H21N3O4/c1-24-15-5-3-6-16(11-15)26-13-18(23)20-9-8-14-12-22-10-4-7-17(25-2)19(22)21-14/h3-7,10-12H,8-9,13H2,1-2H3,(H,20,23). The van der Waals surface area contributed by atoms with Crippen LogP contribution in [0.15, 0.2) is 48.8 Å². The molecule has 0 aliphatic heterocycles. The van der Waals surface area contributed by atoms with Crippen molar-refractivity contribution >= 4 is 11.6 Å². The predicted molar refractivity (Wildman–Crippen MR) is 96.9 cm³/mol.